The van der Waals surface area contributed by atoms with Crippen molar-refractivity contribution in [2.45, 2.75) is 25.7 Å². The topological polar surface area (TPSA) is 29.5 Å². The van der Waals surface area contributed by atoms with Gasteiger partial charge in [-0.25, -0.2) is 0 Å². The molecule has 0 amide bonds. The molecule has 0 aliphatic carbocycles. The Labute approximate surface area is 114 Å². The zero-order valence-electron chi connectivity index (χ0n) is 11.3. The summed E-state index contributed by atoms with van der Waals surface area (Å²) in [6, 6.07) is 15.8. The summed E-state index contributed by atoms with van der Waals surface area (Å²) in [6.45, 7) is 0. The summed E-state index contributed by atoms with van der Waals surface area (Å²) in [5.41, 5.74) is 2.37. The molecule has 0 aliphatic rings. The van der Waals surface area contributed by atoms with Crippen LogP contribution >= 0.6 is 0 Å². The van der Waals surface area contributed by atoms with Gasteiger partial charge in [-0.1, -0.05) is 30.3 Å². The fourth-order valence-corrected chi connectivity index (χ4v) is 2.16. The summed E-state index contributed by atoms with van der Waals surface area (Å²) < 4.78 is 5.14. The molecule has 1 N–H and O–H groups in total. The number of rotatable bonds is 6. The number of para-hydroxylation sites is 1. The molecule has 0 saturated heterocycles. The van der Waals surface area contributed by atoms with E-state index in [-0.39, 0.29) is 0 Å². The van der Waals surface area contributed by atoms with Crippen LogP contribution < -0.4 is 4.74 Å². The van der Waals surface area contributed by atoms with Crippen molar-refractivity contribution in [1.82, 2.24) is 0 Å². The molecule has 0 bridgehead atoms. The number of hydrogen-bond donors (Lipinski definition) is 1. The Hall–Kier alpha value is -1.96. The lowest BCUT2D eigenvalue weighted by molar-refractivity contribution is 0.414. The zero-order valence-corrected chi connectivity index (χ0v) is 11.3. The molecule has 0 unspecified atom stereocenters. The van der Waals surface area contributed by atoms with E-state index in [2.05, 4.69) is 12.1 Å². The number of unbranched alkanes of at least 4 members (excludes halogenated alkanes) is 1. The molecule has 2 aromatic rings. The second-order valence-corrected chi connectivity index (χ2v) is 4.68. The fourth-order valence-electron chi connectivity index (χ4n) is 2.16. The first-order valence-corrected chi connectivity index (χ1v) is 6.69. The Bertz CT molecular complexity index is 503. The summed E-state index contributed by atoms with van der Waals surface area (Å²) in [5.74, 6) is 1.31. The van der Waals surface area contributed by atoms with E-state index in [1.807, 2.05) is 30.3 Å². The number of aryl methyl sites for hydroxylation is 2. The minimum absolute atomic E-state index is 0.409. The molecule has 0 aromatic heterocycles. The highest BCUT2D eigenvalue weighted by Crippen LogP contribution is 2.19. The average molecular weight is 256 g/mol. The number of phenolic OH excluding ortho intramolecular Hbond substituents is 1. The van der Waals surface area contributed by atoms with Gasteiger partial charge in [-0.3, -0.25) is 0 Å². The van der Waals surface area contributed by atoms with Gasteiger partial charge in [0.15, 0.2) is 0 Å². The Morgan fingerprint density at radius 3 is 2.26 bits per heavy atom. The first-order chi connectivity index (χ1) is 9.29. The van der Waals surface area contributed by atoms with E-state index in [4.69, 9.17) is 4.74 Å². The maximum atomic E-state index is 9.67. The Balaban J connectivity index is 1.76. The van der Waals surface area contributed by atoms with Gasteiger partial charge in [-0.05, 0) is 55.0 Å². The molecule has 0 atom stereocenters. The van der Waals surface area contributed by atoms with Gasteiger partial charge in [0.2, 0.25) is 0 Å². The standard InChI is InChI=1S/C17H20O2/c1-19-16-12-10-14(11-13-16)6-2-3-7-15-8-4-5-9-17(15)18/h4-5,8-13,18H,2-3,6-7H2,1H3. The third-order valence-electron chi connectivity index (χ3n) is 3.31. The Morgan fingerprint density at radius 1 is 0.895 bits per heavy atom. The lowest BCUT2D eigenvalue weighted by atomic mass is 10.0. The van der Waals surface area contributed by atoms with Crippen molar-refractivity contribution in [2.24, 2.45) is 0 Å². The maximum Gasteiger partial charge on any atom is 0.118 e. The number of ether oxygens (including phenoxy) is 1. The van der Waals surface area contributed by atoms with Crippen LogP contribution in [-0.4, -0.2) is 12.2 Å². The van der Waals surface area contributed by atoms with Crippen LogP contribution in [0.5, 0.6) is 11.5 Å². The van der Waals surface area contributed by atoms with Crippen LogP contribution in [-0.2, 0) is 12.8 Å². The van der Waals surface area contributed by atoms with Gasteiger partial charge in [-0.2, -0.15) is 0 Å². The zero-order chi connectivity index (χ0) is 13.5. The Morgan fingerprint density at radius 2 is 1.58 bits per heavy atom. The van der Waals surface area contributed by atoms with E-state index < -0.39 is 0 Å². The molecule has 0 aliphatic heterocycles. The highest BCUT2D eigenvalue weighted by atomic mass is 16.5. The van der Waals surface area contributed by atoms with E-state index >= 15 is 0 Å². The molecule has 2 heteroatoms. The molecule has 100 valence electrons. The Kier molecular flexibility index (Phi) is 4.85. The van der Waals surface area contributed by atoms with Gasteiger partial charge >= 0.3 is 0 Å². The molecule has 0 heterocycles. The van der Waals surface area contributed by atoms with E-state index in [9.17, 15) is 5.11 Å². The van der Waals surface area contributed by atoms with Crippen LogP contribution in [0.1, 0.15) is 24.0 Å². The summed E-state index contributed by atoms with van der Waals surface area (Å²) in [4.78, 5) is 0. The molecular formula is C17H20O2. The minimum atomic E-state index is 0.409. The van der Waals surface area contributed by atoms with Crippen molar-refractivity contribution < 1.29 is 9.84 Å². The van der Waals surface area contributed by atoms with E-state index in [1.54, 1.807) is 13.2 Å². The van der Waals surface area contributed by atoms with Crippen molar-refractivity contribution in [2.75, 3.05) is 7.11 Å². The maximum absolute atomic E-state index is 9.67. The number of hydrogen-bond acceptors (Lipinski definition) is 2. The van der Waals surface area contributed by atoms with Gasteiger partial charge in [0, 0.05) is 0 Å². The van der Waals surface area contributed by atoms with Gasteiger partial charge in [0.05, 0.1) is 7.11 Å². The second-order valence-electron chi connectivity index (χ2n) is 4.68. The van der Waals surface area contributed by atoms with Gasteiger partial charge in [-0.15, -0.1) is 0 Å². The van der Waals surface area contributed by atoms with E-state index in [1.165, 1.54) is 5.56 Å². The van der Waals surface area contributed by atoms with Crippen LogP contribution in [0.15, 0.2) is 48.5 Å². The molecule has 0 saturated carbocycles. The first kappa shape index (κ1) is 13.5. The SMILES string of the molecule is COc1ccc(CCCCc2ccccc2O)cc1. The molecule has 0 spiro atoms. The smallest absolute Gasteiger partial charge is 0.118 e. The summed E-state index contributed by atoms with van der Waals surface area (Å²) in [5, 5.41) is 9.67. The molecule has 2 nitrogen and oxygen atoms in total. The predicted molar refractivity (Wildman–Crippen MR) is 77.7 cm³/mol. The third kappa shape index (κ3) is 4.02. The van der Waals surface area contributed by atoms with Crippen molar-refractivity contribution >= 4 is 0 Å². The lowest BCUT2D eigenvalue weighted by Crippen LogP contribution is -1.90. The van der Waals surface area contributed by atoms with E-state index in [0.717, 1.165) is 37.0 Å². The number of phenols is 1. The predicted octanol–water partition coefficient (Wildman–Crippen LogP) is 3.97. The summed E-state index contributed by atoms with van der Waals surface area (Å²) in [7, 11) is 1.68. The van der Waals surface area contributed by atoms with Crippen LogP contribution in [0.2, 0.25) is 0 Å². The molecular weight excluding hydrogens is 236 g/mol. The lowest BCUT2D eigenvalue weighted by Gasteiger charge is -2.05. The van der Waals surface area contributed by atoms with Gasteiger partial charge in [0.25, 0.3) is 0 Å². The minimum Gasteiger partial charge on any atom is -0.508 e. The normalized spacial score (nSPS) is 10.4. The largest absolute Gasteiger partial charge is 0.508 e. The number of methoxy groups -OCH3 is 1. The van der Waals surface area contributed by atoms with Crippen molar-refractivity contribution in [1.29, 1.82) is 0 Å². The number of aromatic hydroxyl groups is 1. The third-order valence-corrected chi connectivity index (χ3v) is 3.31. The van der Waals surface area contributed by atoms with Gasteiger partial charge in [0.1, 0.15) is 11.5 Å². The molecule has 2 aromatic carbocycles. The van der Waals surface area contributed by atoms with Gasteiger partial charge < -0.3 is 9.84 Å². The summed E-state index contributed by atoms with van der Waals surface area (Å²) >= 11 is 0. The van der Waals surface area contributed by atoms with Crippen molar-refractivity contribution in [3.05, 3.63) is 59.7 Å². The molecule has 0 radical (unpaired) electrons. The van der Waals surface area contributed by atoms with Crippen LogP contribution in [0.4, 0.5) is 0 Å². The monoisotopic (exact) mass is 256 g/mol. The molecule has 0 fully saturated rings. The van der Waals surface area contributed by atoms with Crippen LogP contribution in [0.25, 0.3) is 0 Å². The van der Waals surface area contributed by atoms with Crippen molar-refractivity contribution in [3.8, 4) is 11.5 Å². The number of benzene rings is 2. The highest BCUT2D eigenvalue weighted by molar-refractivity contribution is 5.31. The molecule has 2 rings (SSSR count). The summed E-state index contributed by atoms with van der Waals surface area (Å²) in [6.07, 6.45) is 4.21. The quantitative estimate of drug-likeness (QED) is 0.792. The fraction of sp³-hybridized carbons (Fsp3) is 0.294. The highest BCUT2D eigenvalue weighted by Gasteiger charge is 2.00. The first-order valence-electron chi connectivity index (χ1n) is 6.69. The molecule has 19 heavy (non-hydrogen) atoms. The van der Waals surface area contributed by atoms with E-state index in [0.29, 0.717) is 5.75 Å². The van der Waals surface area contributed by atoms with Crippen LogP contribution in [0.3, 0.4) is 0 Å². The van der Waals surface area contributed by atoms with Crippen molar-refractivity contribution in [3.63, 3.8) is 0 Å². The second kappa shape index (κ2) is 6.83. The van der Waals surface area contributed by atoms with Crippen LogP contribution in [0, 0.1) is 0 Å². The average Bonchev–Trinajstić information content (AvgIpc) is 2.46.